The Hall–Kier alpha value is -3.19. The van der Waals surface area contributed by atoms with Crippen molar-refractivity contribution in [3.63, 3.8) is 0 Å². The van der Waals surface area contributed by atoms with Crippen LogP contribution >= 0.6 is 11.6 Å². The fourth-order valence-corrected chi connectivity index (χ4v) is 3.04. The van der Waals surface area contributed by atoms with Gasteiger partial charge in [-0.05, 0) is 30.2 Å². The van der Waals surface area contributed by atoms with Crippen molar-refractivity contribution in [1.82, 2.24) is 25.2 Å². The van der Waals surface area contributed by atoms with Crippen LogP contribution in [0.1, 0.15) is 24.1 Å². The molecule has 136 valence electrons. The summed E-state index contributed by atoms with van der Waals surface area (Å²) in [6.45, 7) is 2.43. The van der Waals surface area contributed by atoms with Crippen molar-refractivity contribution in [3.05, 3.63) is 81.1 Å². The third-order valence-corrected chi connectivity index (χ3v) is 4.59. The number of nitrogens with zero attached hydrogens (tertiary/aromatic N) is 4. The van der Waals surface area contributed by atoms with Crippen LogP contribution in [-0.4, -0.2) is 25.2 Å². The zero-order valence-electron chi connectivity index (χ0n) is 14.6. The van der Waals surface area contributed by atoms with Gasteiger partial charge in [-0.25, -0.2) is 9.78 Å². The lowest BCUT2D eigenvalue weighted by molar-refractivity contribution is 0.667. The van der Waals surface area contributed by atoms with E-state index in [0.717, 1.165) is 11.1 Å². The lowest BCUT2D eigenvalue weighted by atomic mass is 10.1. The van der Waals surface area contributed by atoms with Gasteiger partial charge in [0.2, 0.25) is 0 Å². The summed E-state index contributed by atoms with van der Waals surface area (Å²) in [5.74, 6) is 0.489. The molecule has 0 aliphatic rings. The number of fused-ring (bicyclic) bond motifs is 1. The number of hydrogen-bond donors (Lipinski definition) is 2. The van der Waals surface area contributed by atoms with E-state index in [4.69, 9.17) is 11.6 Å². The summed E-state index contributed by atoms with van der Waals surface area (Å²) in [4.78, 5) is 12.3. The minimum Gasteiger partial charge on any atom is -0.360 e. The highest BCUT2D eigenvalue weighted by molar-refractivity contribution is 6.30. The summed E-state index contributed by atoms with van der Waals surface area (Å²) in [7, 11) is 0. The van der Waals surface area contributed by atoms with Crippen molar-refractivity contribution in [1.29, 1.82) is 0 Å². The number of anilines is 1. The fourth-order valence-electron chi connectivity index (χ4n) is 2.91. The number of nitrogens with one attached hydrogen (secondary N) is 2. The number of hydrogen-bond acceptors (Lipinski definition) is 5. The molecule has 27 heavy (non-hydrogen) atoms. The van der Waals surface area contributed by atoms with Crippen molar-refractivity contribution in [2.75, 3.05) is 5.32 Å². The average Bonchev–Trinajstić information content (AvgIpc) is 3.11. The molecule has 7 nitrogen and oxygen atoms in total. The highest BCUT2D eigenvalue weighted by Crippen LogP contribution is 2.22. The SMILES string of the molecule is C[C@H](Nc1n[nH]c(=O)c2c1nnn2Cc1ccc(Cl)cc1)c1ccccc1. The molecule has 8 heteroatoms. The molecule has 0 spiro atoms. The summed E-state index contributed by atoms with van der Waals surface area (Å²) in [6.07, 6.45) is 0. The number of aromatic nitrogens is 5. The minimum atomic E-state index is -0.332. The van der Waals surface area contributed by atoms with E-state index < -0.39 is 0 Å². The Balaban J connectivity index is 1.68. The molecule has 0 aliphatic carbocycles. The molecule has 0 unspecified atom stereocenters. The smallest absolute Gasteiger partial charge is 0.292 e. The number of aromatic amines is 1. The Morgan fingerprint density at radius 1 is 1.15 bits per heavy atom. The van der Waals surface area contributed by atoms with E-state index in [1.165, 1.54) is 0 Å². The topological polar surface area (TPSA) is 88.5 Å². The summed E-state index contributed by atoms with van der Waals surface area (Å²) in [6, 6.07) is 17.4. The molecule has 0 aliphatic heterocycles. The molecule has 1 atom stereocenters. The van der Waals surface area contributed by atoms with E-state index >= 15 is 0 Å². The van der Waals surface area contributed by atoms with Crippen LogP contribution in [0.15, 0.2) is 59.4 Å². The van der Waals surface area contributed by atoms with E-state index in [1.807, 2.05) is 49.4 Å². The molecule has 2 heterocycles. The first-order valence-electron chi connectivity index (χ1n) is 8.49. The second-order valence-electron chi connectivity index (χ2n) is 6.25. The molecule has 0 fully saturated rings. The Labute approximate surface area is 160 Å². The molecule has 2 N–H and O–H groups in total. The van der Waals surface area contributed by atoms with Gasteiger partial charge in [-0.3, -0.25) is 4.79 Å². The molecule has 0 saturated carbocycles. The van der Waals surface area contributed by atoms with E-state index in [0.29, 0.717) is 28.4 Å². The average molecular weight is 381 g/mol. The third-order valence-electron chi connectivity index (χ3n) is 4.34. The van der Waals surface area contributed by atoms with Gasteiger partial charge in [0.1, 0.15) is 0 Å². The lowest BCUT2D eigenvalue weighted by Gasteiger charge is -2.14. The van der Waals surface area contributed by atoms with Gasteiger partial charge in [-0.1, -0.05) is 59.3 Å². The van der Waals surface area contributed by atoms with Crippen molar-refractivity contribution in [3.8, 4) is 0 Å². The minimum absolute atomic E-state index is 0.00535. The molecule has 2 aromatic carbocycles. The molecule has 2 aromatic heterocycles. The maximum atomic E-state index is 12.3. The van der Waals surface area contributed by atoms with E-state index in [2.05, 4.69) is 25.8 Å². The highest BCUT2D eigenvalue weighted by Gasteiger charge is 2.16. The second kappa shape index (κ2) is 7.20. The summed E-state index contributed by atoms with van der Waals surface area (Å²) >= 11 is 5.93. The van der Waals surface area contributed by atoms with Gasteiger partial charge in [-0.2, -0.15) is 5.10 Å². The van der Waals surface area contributed by atoms with E-state index in [1.54, 1.807) is 16.8 Å². The Morgan fingerprint density at radius 3 is 2.63 bits per heavy atom. The molecule has 0 radical (unpaired) electrons. The molecule has 0 saturated heterocycles. The van der Waals surface area contributed by atoms with Crippen LogP contribution < -0.4 is 10.9 Å². The number of H-pyrrole nitrogens is 1. The van der Waals surface area contributed by atoms with E-state index in [-0.39, 0.29) is 11.6 Å². The summed E-state index contributed by atoms with van der Waals surface area (Å²) in [5, 5.41) is 18.9. The third kappa shape index (κ3) is 3.54. The van der Waals surface area contributed by atoms with Gasteiger partial charge in [0.15, 0.2) is 16.9 Å². The molecular weight excluding hydrogens is 364 g/mol. The summed E-state index contributed by atoms with van der Waals surface area (Å²) < 4.78 is 1.57. The zero-order valence-corrected chi connectivity index (χ0v) is 15.3. The standard InChI is InChI=1S/C19H17ClN6O/c1-12(14-5-3-2-4-6-14)21-18-16-17(19(27)24-23-18)26(25-22-16)11-13-7-9-15(20)10-8-13/h2-10,12H,11H2,1H3,(H,21,23)(H,24,27)/t12-/m0/s1. The van der Waals surface area contributed by atoms with Crippen molar-refractivity contribution in [2.24, 2.45) is 0 Å². The van der Waals surface area contributed by atoms with Crippen LogP contribution in [0.3, 0.4) is 0 Å². The fraction of sp³-hybridized carbons (Fsp3) is 0.158. The van der Waals surface area contributed by atoms with Gasteiger partial charge in [0.05, 0.1) is 12.6 Å². The van der Waals surface area contributed by atoms with Crippen molar-refractivity contribution >= 4 is 28.5 Å². The molecular formula is C19H17ClN6O. The first-order valence-corrected chi connectivity index (χ1v) is 8.87. The second-order valence-corrected chi connectivity index (χ2v) is 6.69. The van der Waals surface area contributed by atoms with Gasteiger partial charge in [0.25, 0.3) is 5.56 Å². The predicted octanol–water partition coefficient (Wildman–Crippen LogP) is 3.39. The monoisotopic (exact) mass is 380 g/mol. The number of rotatable bonds is 5. The van der Waals surface area contributed by atoms with Crippen LogP contribution in [0.5, 0.6) is 0 Å². The van der Waals surface area contributed by atoms with Crippen molar-refractivity contribution < 1.29 is 0 Å². The zero-order chi connectivity index (χ0) is 18.8. The summed E-state index contributed by atoms with van der Waals surface area (Å²) in [5.41, 5.74) is 2.56. The Bertz CT molecular complexity index is 1120. The predicted molar refractivity (Wildman–Crippen MR) is 105 cm³/mol. The molecule has 0 bridgehead atoms. The van der Waals surface area contributed by atoms with Crippen LogP contribution in [-0.2, 0) is 6.54 Å². The first kappa shape index (κ1) is 17.2. The maximum Gasteiger partial charge on any atom is 0.292 e. The quantitative estimate of drug-likeness (QED) is 0.554. The van der Waals surface area contributed by atoms with Crippen molar-refractivity contribution in [2.45, 2.75) is 19.5 Å². The van der Waals surface area contributed by atoms with Crippen LogP contribution in [0.25, 0.3) is 11.0 Å². The van der Waals surface area contributed by atoms with Crippen LogP contribution in [0, 0.1) is 0 Å². The van der Waals surface area contributed by atoms with Crippen LogP contribution in [0.2, 0.25) is 5.02 Å². The normalized spacial score (nSPS) is 12.2. The molecule has 0 amide bonds. The van der Waals surface area contributed by atoms with Crippen LogP contribution in [0.4, 0.5) is 5.82 Å². The molecule has 4 rings (SSSR count). The van der Waals surface area contributed by atoms with Gasteiger partial charge in [-0.15, -0.1) is 5.10 Å². The Kier molecular flexibility index (Phi) is 4.60. The first-order chi connectivity index (χ1) is 13.1. The van der Waals surface area contributed by atoms with Gasteiger partial charge in [0, 0.05) is 5.02 Å². The van der Waals surface area contributed by atoms with Gasteiger partial charge < -0.3 is 5.32 Å². The van der Waals surface area contributed by atoms with Gasteiger partial charge >= 0.3 is 0 Å². The Morgan fingerprint density at radius 2 is 1.89 bits per heavy atom. The number of halogens is 1. The largest absolute Gasteiger partial charge is 0.360 e. The maximum absolute atomic E-state index is 12.3. The highest BCUT2D eigenvalue weighted by atomic mass is 35.5. The molecule has 4 aromatic rings. The lowest BCUT2D eigenvalue weighted by Crippen LogP contribution is -2.17. The number of benzene rings is 2. The van der Waals surface area contributed by atoms with E-state index in [9.17, 15) is 4.79 Å².